The first kappa shape index (κ1) is 17.8. The summed E-state index contributed by atoms with van der Waals surface area (Å²) in [6.07, 6.45) is -1.06. The summed E-state index contributed by atoms with van der Waals surface area (Å²) in [6.45, 7) is 8.07. The number of anilines is 1. The quantitative estimate of drug-likeness (QED) is 0.834. The lowest BCUT2D eigenvalue weighted by molar-refractivity contribution is -0.120. The number of halogens is 3. The van der Waals surface area contributed by atoms with Gasteiger partial charge < -0.3 is 10.2 Å². The van der Waals surface area contributed by atoms with Gasteiger partial charge in [-0.3, -0.25) is 4.98 Å². The Morgan fingerprint density at radius 3 is 2.43 bits per heavy atom. The summed E-state index contributed by atoms with van der Waals surface area (Å²) in [7, 11) is 0. The van der Waals surface area contributed by atoms with Gasteiger partial charge in [0.25, 0.3) is 0 Å². The lowest BCUT2D eigenvalue weighted by Crippen LogP contribution is -2.40. The van der Waals surface area contributed by atoms with E-state index >= 15 is 0 Å². The number of nitrogens with zero attached hydrogens (tertiary/aromatic N) is 2. The molecule has 6 heteroatoms. The maximum absolute atomic E-state index is 12.8. The number of hydrogen-bond acceptors (Lipinski definition) is 3. The van der Waals surface area contributed by atoms with E-state index in [2.05, 4.69) is 24.1 Å². The Morgan fingerprint density at radius 1 is 1.24 bits per heavy atom. The van der Waals surface area contributed by atoms with E-state index in [1.54, 1.807) is 26.1 Å². The molecule has 21 heavy (non-hydrogen) atoms. The van der Waals surface area contributed by atoms with Crippen molar-refractivity contribution in [3.8, 4) is 0 Å². The number of alkyl halides is 3. The molecule has 0 unspecified atom stereocenters. The van der Waals surface area contributed by atoms with Crippen LogP contribution in [0.3, 0.4) is 0 Å². The maximum Gasteiger partial charge on any atom is 0.405 e. The van der Waals surface area contributed by atoms with Gasteiger partial charge in [0.05, 0.1) is 0 Å². The van der Waals surface area contributed by atoms with Crippen molar-refractivity contribution in [3.05, 3.63) is 24.0 Å². The molecule has 0 atom stereocenters. The van der Waals surface area contributed by atoms with Crippen molar-refractivity contribution in [2.24, 2.45) is 5.92 Å². The van der Waals surface area contributed by atoms with E-state index < -0.39 is 12.7 Å². The maximum atomic E-state index is 12.8. The highest BCUT2D eigenvalue weighted by molar-refractivity contribution is 5.53. The third kappa shape index (κ3) is 6.33. The molecule has 3 nitrogen and oxygen atoms in total. The van der Waals surface area contributed by atoms with Crippen LogP contribution in [0.2, 0.25) is 0 Å². The van der Waals surface area contributed by atoms with Crippen molar-refractivity contribution < 1.29 is 13.2 Å². The molecule has 1 aromatic rings. The summed E-state index contributed by atoms with van der Waals surface area (Å²) >= 11 is 0. The predicted molar refractivity (Wildman–Crippen MR) is 79.3 cm³/mol. The molecule has 0 bridgehead atoms. The smallest absolute Gasteiger partial charge is 0.360 e. The van der Waals surface area contributed by atoms with Crippen LogP contribution in [0.4, 0.5) is 18.9 Å². The highest BCUT2D eigenvalue weighted by Crippen LogP contribution is 2.26. The van der Waals surface area contributed by atoms with E-state index in [1.807, 2.05) is 0 Å². The van der Waals surface area contributed by atoms with Gasteiger partial charge >= 0.3 is 6.18 Å². The van der Waals surface area contributed by atoms with E-state index in [0.717, 1.165) is 12.1 Å². The fraction of sp³-hybridized carbons (Fsp3) is 0.667. The van der Waals surface area contributed by atoms with Gasteiger partial charge in [-0.15, -0.1) is 0 Å². The Labute approximate surface area is 124 Å². The number of hydrogen-bond donors (Lipinski definition) is 1. The summed E-state index contributed by atoms with van der Waals surface area (Å²) < 4.78 is 38.3. The number of pyridine rings is 1. The Hall–Kier alpha value is -1.30. The summed E-state index contributed by atoms with van der Waals surface area (Å²) in [6, 6.07) is 1.41. The lowest BCUT2D eigenvalue weighted by atomic mass is 10.1. The van der Waals surface area contributed by atoms with Gasteiger partial charge in [-0.25, -0.2) is 0 Å². The van der Waals surface area contributed by atoms with Gasteiger partial charge in [0.1, 0.15) is 6.54 Å². The van der Waals surface area contributed by atoms with E-state index in [0.29, 0.717) is 18.2 Å². The Kier molecular flexibility index (Phi) is 6.45. The third-order valence-electron chi connectivity index (χ3n) is 3.03. The molecule has 0 spiro atoms. The molecule has 0 saturated heterocycles. The van der Waals surface area contributed by atoms with Gasteiger partial charge in [0.15, 0.2) is 0 Å². The van der Waals surface area contributed by atoms with Crippen LogP contribution >= 0.6 is 0 Å². The summed E-state index contributed by atoms with van der Waals surface area (Å²) in [5.74, 6) is 0.487. The molecule has 0 aromatic carbocycles. The molecule has 0 saturated carbocycles. The van der Waals surface area contributed by atoms with Crippen LogP contribution in [0.25, 0.3) is 0 Å². The molecular weight excluding hydrogens is 279 g/mol. The zero-order valence-corrected chi connectivity index (χ0v) is 13.0. The van der Waals surface area contributed by atoms with Gasteiger partial charge in [0.2, 0.25) is 0 Å². The van der Waals surface area contributed by atoms with Crippen molar-refractivity contribution >= 4 is 5.69 Å². The molecule has 1 N–H and O–H groups in total. The Bertz CT molecular complexity index is 430. The molecule has 1 heterocycles. The Balaban J connectivity index is 2.92. The van der Waals surface area contributed by atoms with Crippen molar-refractivity contribution in [1.29, 1.82) is 0 Å². The third-order valence-corrected chi connectivity index (χ3v) is 3.03. The second kappa shape index (κ2) is 7.64. The second-order valence-electron chi connectivity index (χ2n) is 5.87. The first-order chi connectivity index (χ1) is 9.70. The number of nitrogens with one attached hydrogen (secondary N) is 1. The SMILES string of the molecule is CC(C)CNCc1cnccc1N(CC(F)(F)F)C(C)C. The highest BCUT2D eigenvalue weighted by atomic mass is 19.4. The summed E-state index contributed by atoms with van der Waals surface area (Å²) in [4.78, 5) is 5.40. The monoisotopic (exact) mass is 303 g/mol. The molecule has 0 amide bonds. The molecule has 0 aliphatic carbocycles. The van der Waals surface area contributed by atoms with Crippen molar-refractivity contribution in [2.45, 2.75) is 46.5 Å². The highest BCUT2D eigenvalue weighted by Gasteiger charge is 2.32. The molecule has 120 valence electrons. The van der Waals surface area contributed by atoms with E-state index in [4.69, 9.17) is 0 Å². The van der Waals surface area contributed by atoms with Crippen LogP contribution in [0.15, 0.2) is 18.5 Å². The zero-order chi connectivity index (χ0) is 16.0. The number of aromatic nitrogens is 1. The van der Waals surface area contributed by atoms with Gasteiger partial charge in [0, 0.05) is 36.2 Å². The summed E-state index contributed by atoms with van der Waals surface area (Å²) in [5.41, 5.74) is 1.38. The van der Waals surface area contributed by atoms with Gasteiger partial charge in [-0.2, -0.15) is 13.2 Å². The van der Waals surface area contributed by atoms with Gasteiger partial charge in [-0.05, 0) is 32.4 Å². The van der Waals surface area contributed by atoms with E-state index in [9.17, 15) is 13.2 Å². The predicted octanol–water partition coefficient (Wildman–Crippen LogP) is 3.60. The first-order valence-corrected chi connectivity index (χ1v) is 7.17. The van der Waals surface area contributed by atoms with Crippen LogP contribution in [-0.2, 0) is 6.54 Å². The standard InChI is InChI=1S/C15H24F3N3/c1-11(2)7-20-9-13-8-19-6-5-14(13)21(12(3)4)10-15(16,17)18/h5-6,8,11-12,20H,7,9-10H2,1-4H3. The van der Waals surface area contributed by atoms with Crippen LogP contribution in [0.1, 0.15) is 33.3 Å². The van der Waals surface area contributed by atoms with Crippen molar-refractivity contribution in [1.82, 2.24) is 10.3 Å². The van der Waals surface area contributed by atoms with Crippen LogP contribution in [0.5, 0.6) is 0 Å². The minimum Gasteiger partial charge on any atom is -0.360 e. The van der Waals surface area contributed by atoms with Crippen molar-refractivity contribution in [2.75, 3.05) is 18.0 Å². The Morgan fingerprint density at radius 2 is 1.90 bits per heavy atom. The molecule has 0 aliphatic heterocycles. The average Bonchev–Trinajstić information content (AvgIpc) is 2.35. The van der Waals surface area contributed by atoms with Crippen LogP contribution in [0, 0.1) is 5.92 Å². The topological polar surface area (TPSA) is 28.2 Å². The molecule has 1 aromatic heterocycles. The molecule has 0 fully saturated rings. The molecule has 0 aliphatic rings. The van der Waals surface area contributed by atoms with E-state index in [-0.39, 0.29) is 6.04 Å². The molecule has 1 rings (SSSR count). The number of rotatable bonds is 7. The lowest BCUT2D eigenvalue weighted by Gasteiger charge is -2.31. The van der Waals surface area contributed by atoms with E-state index in [1.165, 1.54) is 11.1 Å². The fourth-order valence-corrected chi connectivity index (χ4v) is 2.07. The van der Waals surface area contributed by atoms with Crippen LogP contribution < -0.4 is 10.2 Å². The normalized spacial score (nSPS) is 12.2. The van der Waals surface area contributed by atoms with Gasteiger partial charge in [-0.1, -0.05) is 13.8 Å². The minimum absolute atomic E-state index is 0.238. The first-order valence-electron chi connectivity index (χ1n) is 7.17. The second-order valence-corrected chi connectivity index (χ2v) is 5.87. The van der Waals surface area contributed by atoms with Crippen LogP contribution in [-0.4, -0.2) is 30.3 Å². The van der Waals surface area contributed by atoms with Crippen molar-refractivity contribution in [3.63, 3.8) is 0 Å². The minimum atomic E-state index is -4.23. The summed E-state index contributed by atoms with van der Waals surface area (Å²) in [5, 5.41) is 3.25. The average molecular weight is 303 g/mol. The fourth-order valence-electron chi connectivity index (χ4n) is 2.07. The molecule has 0 radical (unpaired) electrons. The zero-order valence-electron chi connectivity index (χ0n) is 13.0. The largest absolute Gasteiger partial charge is 0.405 e. The molecular formula is C15H24F3N3.